The number of carbonyl (C=O) groups excluding carboxylic acids is 4. The summed E-state index contributed by atoms with van der Waals surface area (Å²) < 4.78 is 59.9. The predicted octanol–water partition coefficient (Wildman–Crippen LogP) is 7.22. The van der Waals surface area contributed by atoms with Crippen molar-refractivity contribution in [2.45, 2.75) is 12.8 Å². The van der Waals surface area contributed by atoms with Crippen LogP contribution in [0.2, 0.25) is 0 Å². The van der Waals surface area contributed by atoms with E-state index in [1.165, 1.54) is 91.9 Å². The zero-order chi connectivity index (χ0) is 33.4. The summed E-state index contributed by atoms with van der Waals surface area (Å²) in [7, 11) is 2.37. The van der Waals surface area contributed by atoms with Gasteiger partial charge < -0.3 is 14.8 Å². The number of nitrogens with zero attached hydrogens (tertiary/aromatic N) is 1. The van der Waals surface area contributed by atoms with Gasteiger partial charge in [-0.1, -0.05) is 0 Å². The van der Waals surface area contributed by atoms with Crippen molar-refractivity contribution in [2.75, 3.05) is 24.4 Å². The Morgan fingerprint density at radius 1 is 0.578 bits per heavy atom. The molecule has 45 heavy (non-hydrogen) atoms. The van der Waals surface area contributed by atoms with Crippen molar-refractivity contribution >= 4 is 57.4 Å². The molecule has 0 atom stereocenters. The Morgan fingerprint density at radius 3 is 1.18 bits per heavy atom. The minimum atomic E-state index is -0.697. The van der Waals surface area contributed by atoms with E-state index >= 15 is 0 Å². The molecule has 0 saturated carbocycles. The molecular formula is C32H27ClF4N2O6. The van der Waals surface area contributed by atoms with E-state index in [0.717, 1.165) is 11.4 Å². The molecule has 0 aliphatic carbocycles. The van der Waals surface area contributed by atoms with Crippen LogP contribution in [-0.2, 0) is 28.7 Å². The Kier molecular flexibility index (Phi) is 14.7. The first-order valence-electron chi connectivity index (χ1n) is 12.9. The van der Waals surface area contributed by atoms with E-state index in [0.29, 0.717) is 11.4 Å². The number of amides is 1. The van der Waals surface area contributed by atoms with E-state index in [-0.39, 0.29) is 18.1 Å². The highest BCUT2D eigenvalue weighted by Crippen LogP contribution is 2.27. The van der Waals surface area contributed by atoms with Gasteiger partial charge in [-0.2, -0.15) is 0 Å². The molecule has 4 rings (SSSR count). The van der Waals surface area contributed by atoms with Crippen LogP contribution in [0, 0.1) is 23.3 Å². The molecule has 4 aromatic carbocycles. The van der Waals surface area contributed by atoms with E-state index in [1.54, 1.807) is 24.3 Å². The monoisotopic (exact) mass is 646 g/mol. The third-order valence-corrected chi connectivity index (χ3v) is 5.56. The summed E-state index contributed by atoms with van der Waals surface area (Å²) in [4.78, 5) is 44.8. The first kappa shape index (κ1) is 36.0. The molecule has 1 amide bonds. The lowest BCUT2D eigenvalue weighted by Gasteiger charge is -2.22. The van der Waals surface area contributed by atoms with Crippen molar-refractivity contribution in [3.63, 3.8) is 0 Å². The number of anilines is 4. The summed E-state index contributed by atoms with van der Waals surface area (Å²) >= 11 is 4.81. The molecule has 1 N–H and O–H groups in total. The number of esters is 2. The van der Waals surface area contributed by atoms with Crippen LogP contribution in [0.25, 0.3) is 0 Å². The van der Waals surface area contributed by atoms with Crippen molar-refractivity contribution in [1.82, 2.24) is 0 Å². The van der Waals surface area contributed by atoms with Gasteiger partial charge in [-0.05, 0) is 109 Å². The van der Waals surface area contributed by atoms with Crippen LogP contribution < -0.4 is 10.2 Å². The molecule has 236 valence electrons. The van der Waals surface area contributed by atoms with Gasteiger partial charge in [0.2, 0.25) is 11.1 Å². The number of methoxy groups -OCH3 is 2. The number of ether oxygens (including phenoxy) is 2. The van der Waals surface area contributed by atoms with Crippen molar-refractivity contribution in [3.05, 3.63) is 120 Å². The standard InChI is InChI=1S/C16H13F2NO3.C12H9F2N.C4H5ClO3/c1-22-16(21)10-15(20)19(13-6-2-11(17)3-7-13)14-8-4-12(18)5-9-14;13-9-1-5-11(6-2-9)15-12-7-3-10(14)4-8-12;1-8-4(7)2-3(5)6/h2-9H,10H2,1H3;1-8,15H;2H2,1H3. The van der Waals surface area contributed by atoms with Crippen LogP contribution in [0.3, 0.4) is 0 Å². The molecule has 0 unspecified atom stereocenters. The van der Waals surface area contributed by atoms with Crippen LogP contribution in [0.5, 0.6) is 0 Å². The number of carbonyl (C=O) groups is 4. The number of rotatable bonds is 8. The molecule has 0 aliphatic heterocycles. The minimum Gasteiger partial charge on any atom is -0.469 e. The Morgan fingerprint density at radius 2 is 0.889 bits per heavy atom. The number of benzene rings is 4. The Labute approximate surface area is 261 Å². The quantitative estimate of drug-likeness (QED) is 0.0934. The predicted molar refractivity (Wildman–Crippen MR) is 160 cm³/mol. The van der Waals surface area contributed by atoms with Gasteiger partial charge in [0.15, 0.2) is 0 Å². The van der Waals surface area contributed by atoms with Crippen molar-refractivity contribution in [1.29, 1.82) is 0 Å². The van der Waals surface area contributed by atoms with E-state index in [9.17, 15) is 36.7 Å². The molecule has 8 nitrogen and oxygen atoms in total. The maximum Gasteiger partial charge on any atom is 0.315 e. The van der Waals surface area contributed by atoms with E-state index < -0.39 is 41.1 Å². The fourth-order valence-corrected chi connectivity index (χ4v) is 3.42. The average molecular weight is 647 g/mol. The molecule has 0 spiro atoms. The number of hydrogen-bond donors (Lipinski definition) is 1. The second-order valence-corrected chi connectivity index (χ2v) is 9.10. The van der Waals surface area contributed by atoms with Gasteiger partial charge in [0.1, 0.15) is 36.1 Å². The zero-order valence-corrected chi connectivity index (χ0v) is 24.7. The van der Waals surface area contributed by atoms with E-state index in [1.807, 2.05) is 0 Å². The largest absolute Gasteiger partial charge is 0.469 e. The van der Waals surface area contributed by atoms with Gasteiger partial charge in [-0.15, -0.1) is 0 Å². The lowest BCUT2D eigenvalue weighted by Crippen LogP contribution is -2.28. The molecule has 13 heteroatoms. The first-order valence-corrected chi connectivity index (χ1v) is 13.2. The van der Waals surface area contributed by atoms with Gasteiger partial charge in [0.05, 0.1) is 14.2 Å². The molecule has 0 saturated heterocycles. The van der Waals surface area contributed by atoms with E-state index in [2.05, 4.69) is 14.8 Å². The molecule has 0 fully saturated rings. The highest BCUT2D eigenvalue weighted by Gasteiger charge is 2.21. The highest BCUT2D eigenvalue weighted by molar-refractivity contribution is 6.64. The first-order chi connectivity index (χ1) is 21.4. The fourth-order valence-electron chi connectivity index (χ4n) is 3.31. The van der Waals surface area contributed by atoms with Gasteiger partial charge in [-0.3, -0.25) is 24.1 Å². The average Bonchev–Trinajstić information content (AvgIpc) is 3.01. The zero-order valence-electron chi connectivity index (χ0n) is 23.9. The van der Waals surface area contributed by atoms with E-state index in [4.69, 9.17) is 11.6 Å². The van der Waals surface area contributed by atoms with Crippen molar-refractivity contribution in [2.24, 2.45) is 0 Å². The Balaban J connectivity index is 0.000000264. The van der Waals surface area contributed by atoms with Crippen LogP contribution in [0.15, 0.2) is 97.1 Å². The molecule has 0 heterocycles. The fraction of sp³-hybridized carbons (Fsp3) is 0.125. The van der Waals surface area contributed by atoms with Gasteiger partial charge >= 0.3 is 11.9 Å². The summed E-state index contributed by atoms with van der Waals surface area (Å²) in [6, 6.07) is 22.3. The maximum atomic E-state index is 13.0. The third kappa shape index (κ3) is 13.3. The van der Waals surface area contributed by atoms with Gasteiger partial charge in [0.25, 0.3) is 0 Å². The van der Waals surface area contributed by atoms with Gasteiger partial charge in [-0.25, -0.2) is 17.6 Å². The Hall–Kier alpha value is -5.23. The van der Waals surface area contributed by atoms with Crippen LogP contribution in [0.1, 0.15) is 12.8 Å². The summed E-state index contributed by atoms with van der Waals surface area (Å²) in [5, 5.41) is 2.33. The molecular weight excluding hydrogens is 620 g/mol. The van der Waals surface area contributed by atoms with Crippen molar-refractivity contribution < 1.29 is 46.2 Å². The van der Waals surface area contributed by atoms with Crippen LogP contribution >= 0.6 is 11.6 Å². The van der Waals surface area contributed by atoms with Crippen LogP contribution in [0.4, 0.5) is 40.3 Å². The van der Waals surface area contributed by atoms with Gasteiger partial charge in [0, 0.05) is 22.7 Å². The molecule has 0 radical (unpaired) electrons. The smallest absolute Gasteiger partial charge is 0.315 e. The maximum absolute atomic E-state index is 13.0. The summed E-state index contributed by atoms with van der Waals surface area (Å²) in [5.41, 5.74) is 2.26. The summed E-state index contributed by atoms with van der Waals surface area (Å²) in [6.07, 6.45) is -0.830. The molecule has 0 aliphatic rings. The second-order valence-electron chi connectivity index (χ2n) is 8.68. The summed E-state index contributed by atoms with van der Waals surface area (Å²) in [6.45, 7) is 0. The third-order valence-electron chi connectivity index (χ3n) is 5.43. The molecule has 0 bridgehead atoms. The second kappa shape index (κ2) is 18.4. The SMILES string of the molecule is COC(=O)CC(=O)Cl.COC(=O)CC(=O)N(c1ccc(F)cc1)c1ccc(F)cc1.Fc1ccc(Nc2ccc(F)cc2)cc1. The minimum absolute atomic E-state index is 0.278. The number of nitrogens with one attached hydrogen (secondary N) is 1. The number of halogens is 5. The highest BCUT2D eigenvalue weighted by atomic mass is 35.5. The lowest BCUT2D eigenvalue weighted by molar-refractivity contribution is -0.144. The van der Waals surface area contributed by atoms with Crippen molar-refractivity contribution in [3.8, 4) is 0 Å². The topological polar surface area (TPSA) is 102 Å². The number of hydrogen-bond acceptors (Lipinski definition) is 7. The summed E-state index contributed by atoms with van der Waals surface area (Å²) in [5.74, 6) is -3.33. The lowest BCUT2D eigenvalue weighted by atomic mass is 10.2. The Bertz CT molecular complexity index is 1460. The van der Waals surface area contributed by atoms with Crippen LogP contribution in [-0.4, -0.2) is 37.3 Å². The molecule has 4 aromatic rings. The molecule has 0 aromatic heterocycles. The normalized spacial score (nSPS) is 9.76.